The van der Waals surface area contributed by atoms with Crippen molar-refractivity contribution in [2.45, 2.75) is 20.3 Å². The van der Waals surface area contributed by atoms with Crippen LogP contribution in [-0.2, 0) is 6.42 Å². The number of aryl methyl sites for hydroxylation is 1. The molecular formula is C20H19NO. The second-order valence-electron chi connectivity index (χ2n) is 5.36. The number of hydrogen-bond acceptors (Lipinski definition) is 1. The van der Waals surface area contributed by atoms with Gasteiger partial charge in [-0.1, -0.05) is 55.5 Å². The normalized spacial score (nSPS) is 10.6. The molecule has 3 rings (SSSR count). The lowest BCUT2D eigenvalue weighted by Gasteiger charge is -2.20. The van der Waals surface area contributed by atoms with Gasteiger partial charge in [0.25, 0.3) is 0 Å². The molecule has 1 aromatic heterocycles. The molecule has 0 aliphatic rings. The largest absolute Gasteiger partial charge is 0.313 e. The molecular weight excluding hydrogens is 270 g/mol. The average Bonchev–Trinajstić information content (AvgIpc) is 2.58. The fourth-order valence-electron chi connectivity index (χ4n) is 2.83. The number of nitrogens with zero attached hydrogens (tertiary/aromatic N) is 1. The first-order valence-electron chi connectivity index (χ1n) is 7.58. The Kier molecular flexibility index (Phi) is 3.92. The van der Waals surface area contributed by atoms with Crippen molar-refractivity contribution in [1.82, 2.24) is 4.57 Å². The Balaban J connectivity index is 2.41. The summed E-state index contributed by atoms with van der Waals surface area (Å²) in [6.07, 6.45) is 0.810. The maximum Gasteiger partial charge on any atom is 0.185 e. The highest BCUT2D eigenvalue weighted by molar-refractivity contribution is 5.66. The summed E-state index contributed by atoms with van der Waals surface area (Å²) >= 11 is 0. The number of aromatic nitrogens is 1. The first-order chi connectivity index (χ1) is 10.7. The van der Waals surface area contributed by atoms with Gasteiger partial charge in [-0.3, -0.25) is 4.79 Å². The predicted molar refractivity (Wildman–Crippen MR) is 91.6 cm³/mol. The third kappa shape index (κ3) is 2.48. The van der Waals surface area contributed by atoms with Crippen LogP contribution in [0.15, 0.2) is 71.5 Å². The number of pyridine rings is 1. The van der Waals surface area contributed by atoms with E-state index in [9.17, 15) is 4.79 Å². The van der Waals surface area contributed by atoms with E-state index in [0.717, 1.165) is 34.6 Å². The van der Waals surface area contributed by atoms with Gasteiger partial charge >= 0.3 is 0 Å². The average molecular weight is 289 g/mol. The molecule has 0 atom stereocenters. The molecule has 22 heavy (non-hydrogen) atoms. The molecule has 0 saturated carbocycles. The maximum absolute atomic E-state index is 12.4. The van der Waals surface area contributed by atoms with Crippen LogP contribution in [0, 0.1) is 6.92 Å². The number of hydrogen-bond donors (Lipinski definition) is 0. The van der Waals surface area contributed by atoms with E-state index in [1.165, 1.54) is 0 Å². The fourth-order valence-corrected chi connectivity index (χ4v) is 2.83. The Hall–Kier alpha value is -2.61. The van der Waals surface area contributed by atoms with E-state index in [-0.39, 0.29) is 5.43 Å². The second kappa shape index (κ2) is 6.02. The van der Waals surface area contributed by atoms with Crippen molar-refractivity contribution in [2.24, 2.45) is 0 Å². The lowest BCUT2D eigenvalue weighted by atomic mass is 10.0. The van der Waals surface area contributed by atoms with E-state index in [1.807, 2.05) is 43.3 Å². The molecule has 0 N–H and O–H groups in total. The van der Waals surface area contributed by atoms with E-state index in [4.69, 9.17) is 0 Å². The van der Waals surface area contributed by atoms with Crippen LogP contribution in [0.4, 0.5) is 0 Å². The first-order valence-corrected chi connectivity index (χ1v) is 7.58. The van der Waals surface area contributed by atoms with Crippen molar-refractivity contribution in [3.8, 4) is 16.9 Å². The molecule has 1 heterocycles. The molecule has 110 valence electrons. The Morgan fingerprint density at radius 3 is 2.09 bits per heavy atom. The zero-order valence-electron chi connectivity index (χ0n) is 12.9. The van der Waals surface area contributed by atoms with Crippen molar-refractivity contribution in [2.75, 3.05) is 0 Å². The molecule has 0 radical (unpaired) electrons. The molecule has 0 fully saturated rings. The Bertz CT molecular complexity index is 833. The van der Waals surface area contributed by atoms with Crippen LogP contribution in [0.5, 0.6) is 0 Å². The molecule has 0 unspecified atom stereocenters. The maximum atomic E-state index is 12.4. The highest BCUT2D eigenvalue weighted by Gasteiger charge is 2.14. The van der Waals surface area contributed by atoms with Gasteiger partial charge in [-0.05, 0) is 31.0 Å². The van der Waals surface area contributed by atoms with Crippen LogP contribution >= 0.6 is 0 Å². The van der Waals surface area contributed by atoms with Crippen molar-refractivity contribution >= 4 is 0 Å². The summed E-state index contributed by atoms with van der Waals surface area (Å²) in [6.45, 7) is 3.99. The highest BCUT2D eigenvalue weighted by Crippen LogP contribution is 2.26. The smallest absolute Gasteiger partial charge is 0.185 e. The van der Waals surface area contributed by atoms with Gasteiger partial charge in [0.1, 0.15) is 0 Å². The summed E-state index contributed by atoms with van der Waals surface area (Å²) in [7, 11) is 0. The molecule has 2 aromatic carbocycles. The van der Waals surface area contributed by atoms with Crippen LogP contribution < -0.4 is 5.43 Å². The fraction of sp³-hybridized carbons (Fsp3) is 0.150. The minimum Gasteiger partial charge on any atom is -0.313 e. The van der Waals surface area contributed by atoms with Crippen LogP contribution in [0.3, 0.4) is 0 Å². The SMILES string of the molecule is CCc1cc(=O)c(C)c(-c2ccccc2)n1-c1ccccc1. The summed E-state index contributed by atoms with van der Waals surface area (Å²) in [5.41, 5.74) is 5.05. The molecule has 3 aromatic rings. The van der Waals surface area contributed by atoms with Crippen molar-refractivity contribution < 1.29 is 0 Å². The zero-order chi connectivity index (χ0) is 15.5. The molecule has 0 spiro atoms. The molecule has 0 aliphatic carbocycles. The van der Waals surface area contributed by atoms with Gasteiger partial charge in [0.05, 0.1) is 5.69 Å². The second-order valence-corrected chi connectivity index (χ2v) is 5.36. The van der Waals surface area contributed by atoms with Gasteiger partial charge in [0.2, 0.25) is 0 Å². The lowest BCUT2D eigenvalue weighted by Crippen LogP contribution is -2.17. The van der Waals surface area contributed by atoms with Gasteiger partial charge in [-0.25, -0.2) is 0 Å². The van der Waals surface area contributed by atoms with Crippen LogP contribution in [-0.4, -0.2) is 4.57 Å². The highest BCUT2D eigenvalue weighted by atomic mass is 16.1. The van der Waals surface area contributed by atoms with Crippen LogP contribution in [0.25, 0.3) is 16.9 Å². The third-order valence-corrected chi connectivity index (χ3v) is 3.96. The Morgan fingerprint density at radius 1 is 0.909 bits per heavy atom. The summed E-state index contributed by atoms with van der Waals surface area (Å²) in [4.78, 5) is 12.4. The van der Waals surface area contributed by atoms with E-state index >= 15 is 0 Å². The number of benzene rings is 2. The third-order valence-electron chi connectivity index (χ3n) is 3.96. The first kappa shape index (κ1) is 14.3. The molecule has 0 aliphatic heterocycles. The van der Waals surface area contributed by atoms with Crippen molar-refractivity contribution in [3.63, 3.8) is 0 Å². The quantitative estimate of drug-likeness (QED) is 0.701. The van der Waals surface area contributed by atoms with Gasteiger partial charge in [-0.2, -0.15) is 0 Å². The van der Waals surface area contributed by atoms with Gasteiger partial charge < -0.3 is 4.57 Å². The summed E-state index contributed by atoms with van der Waals surface area (Å²) < 4.78 is 2.20. The standard InChI is InChI=1S/C20H19NO/c1-3-17-14-19(22)15(2)20(16-10-6-4-7-11-16)21(17)18-12-8-5-9-13-18/h4-14H,3H2,1-2H3. The number of rotatable bonds is 3. The lowest BCUT2D eigenvalue weighted by molar-refractivity contribution is 0.902. The molecule has 0 amide bonds. The summed E-state index contributed by atoms with van der Waals surface area (Å²) in [6, 6.07) is 22.1. The minimum absolute atomic E-state index is 0.0999. The van der Waals surface area contributed by atoms with Gasteiger partial charge in [0, 0.05) is 23.0 Å². The van der Waals surface area contributed by atoms with E-state index in [2.05, 4.69) is 35.8 Å². The van der Waals surface area contributed by atoms with Crippen molar-refractivity contribution in [1.29, 1.82) is 0 Å². The van der Waals surface area contributed by atoms with E-state index in [0.29, 0.717) is 0 Å². The van der Waals surface area contributed by atoms with E-state index < -0.39 is 0 Å². The summed E-state index contributed by atoms with van der Waals surface area (Å²) in [5.74, 6) is 0. The van der Waals surface area contributed by atoms with Crippen LogP contribution in [0.1, 0.15) is 18.2 Å². The predicted octanol–water partition coefficient (Wildman–Crippen LogP) is 4.38. The minimum atomic E-state index is 0.0999. The molecule has 0 saturated heterocycles. The number of para-hydroxylation sites is 1. The van der Waals surface area contributed by atoms with Gasteiger partial charge in [0.15, 0.2) is 5.43 Å². The monoisotopic (exact) mass is 289 g/mol. The van der Waals surface area contributed by atoms with Crippen molar-refractivity contribution in [3.05, 3.63) is 88.2 Å². The van der Waals surface area contributed by atoms with Crippen LogP contribution in [0.2, 0.25) is 0 Å². The topological polar surface area (TPSA) is 22.0 Å². The zero-order valence-corrected chi connectivity index (χ0v) is 12.9. The summed E-state index contributed by atoms with van der Waals surface area (Å²) in [5, 5.41) is 0. The Labute approximate surface area is 130 Å². The Morgan fingerprint density at radius 2 is 1.50 bits per heavy atom. The molecule has 2 nitrogen and oxygen atoms in total. The molecule has 0 bridgehead atoms. The van der Waals surface area contributed by atoms with E-state index in [1.54, 1.807) is 6.07 Å². The molecule has 2 heteroatoms. The van der Waals surface area contributed by atoms with Gasteiger partial charge in [-0.15, -0.1) is 0 Å².